The van der Waals surface area contributed by atoms with Gasteiger partial charge >= 0.3 is 5.97 Å². The number of phenols is 1. The van der Waals surface area contributed by atoms with Crippen molar-refractivity contribution < 1.29 is 15.0 Å². The highest BCUT2D eigenvalue weighted by molar-refractivity contribution is 5.96. The number of rotatable bonds is 2. The number of nitrogens with zero attached hydrogens (tertiary/aromatic N) is 1. The highest BCUT2D eigenvalue weighted by Gasteiger charge is 2.09. The molecule has 0 saturated heterocycles. The van der Waals surface area contributed by atoms with Gasteiger partial charge < -0.3 is 20.8 Å². The Morgan fingerprint density at radius 1 is 1.44 bits per heavy atom. The smallest absolute Gasteiger partial charge is 0.335 e. The van der Waals surface area contributed by atoms with Crippen molar-refractivity contribution in [3.63, 3.8) is 0 Å². The van der Waals surface area contributed by atoms with Crippen LogP contribution in [0.4, 0.5) is 5.69 Å². The van der Waals surface area contributed by atoms with Crippen LogP contribution in [0, 0.1) is 0 Å². The van der Waals surface area contributed by atoms with E-state index in [-0.39, 0.29) is 11.3 Å². The van der Waals surface area contributed by atoms with E-state index in [9.17, 15) is 9.90 Å². The molecule has 2 rings (SSSR count). The van der Waals surface area contributed by atoms with Crippen molar-refractivity contribution in [2.75, 3.05) is 18.4 Å². The number of carboxylic acid groups (broad SMARTS) is 1. The Bertz CT molecular complexity index is 457. The number of aromatic carboxylic acids is 1. The standard InChI is InChI=1S/C10H11N3O3/c14-8-4-6(9(15)16)3-7(5-8)13-10-11-1-2-12-10/h3-5,14H,1-2H2,(H,15,16)(H2,11,12,13). The van der Waals surface area contributed by atoms with Crippen LogP contribution in [0.2, 0.25) is 0 Å². The van der Waals surface area contributed by atoms with Crippen LogP contribution in [0.1, 0.15) is 10.4 Å². The molecule has 0 aromatic heterocycles. The van der Waals surface area contributed by atoms with Gasteiger partial charge in [0.2, 0.25) is 0 Å². The fourth-order valence-electron chi connectivity index (χ4n) is 1.43. The van der Waals surface area contributed by atoms with E-state index in [4.69, 9.17) is 5.11 Å². The van der Waals surface area contributed by atoms with E-state index in [0.29, 0.717) is 18.2 Å². The highest BCUT2D eigenvalue weighted by atomic mass is 16.4. The van der Waals surface area contributed by atoms with Gasteiger partial charge in [-0.05, 0) is 12.1 Å². The predicted octanol–water partition coefficient (Wildman–Crippen LogP) is 0.461. The number of benzene rings is 1. The zero-order valence-corrected chi connectivity index (χ0v) is 8.40. The van der Waals surface area contributed by atoms with E-state index in [0.717, 1.165) is 6.54 Å². The molecule has 1 aromatic rings. The van der Waals surface area contributed by atoms with Gasteiger partial charge in [-0.25, -0.2) is 4.79 Å². The second kappa shape index (κ2) is 4.09. The number of carboxylic acids is 1. The maximum Gasteiger partial charge on any atom is 0.335 e. The lowest BCUT2D eigenvalue weighted by atomic mass is 10.2. The molecule has 0 atom stereocenters. The Hall–Kier alpha value is -2.24. The average molecular weight is 221 g/mol. The van der Waals surface area contributed by atoms with Gasteiger partial charge in [0.05, 0.1) is 12.1 Å². The second-order valence-corrected chi connectivity index (χ2v) is 3.36. The van der Waals surface area contributed by atoms with Crippen molar-refractivity contribution in [2.24, 2.45) is 4.99 Å². The van der Waals surface area contributed by atoms with Crippen LogP contribution >= 0.6 is 0 Å². The Balaban J connectivity index is 2.23. The number of hydrogen-bond acceptors (Lipinski definition) is 5. The topological polar surface area (TPSA) is 94.0 Å². The van der Waals surface area contributed by atoms with Crippen LogP contribution < -0.4 is 10.6 Å². The summed E-state index contributed by atoms with van der Waals surface area (Å²) in [6, 6.07) is 4.07. The van der Waals surface area contributed by atoms with E-state index in [1.54, 1.807) is 0 Å². The third kappa shape index (κ3) is 2.22. The van der Waals surface area contributed by atoms with Crippen LogP contribution in [0.25, 0.3) is 0 Å². The molecule has 0 bridgehead atoms. The van der Waals surface area contributed by atoms with Crippen LogP contribution in [-0.2, 0) is 0 Å². The lowest BCUT2D eigenvalue weighted by molar-refractivity contribution is 0.0696. The molecule has 0 amide bonds. The minimum Gasteiger partial charge on any atom is -0.508 e. The number of aliphatic imine (C=N–C) groups is 1. The fraction of sp³-hybridized carbons (Fsp3) is 0.200. The van der Waals surface area contributed by atoms with Gasteiger partial charge in [-0.3, -0.25) is 4.99 Å². The first-order valence-corrected chi connectivity index (χ1v) is 4.78. The summed E-state index contributed by atoms with van der Waals surface area (Å²) in [6.45, 7) is 1.44. The molecule has 0 fully saturated rings. The van der Waals surface area contributed by atoms with Crippen molar-refractivity contribution in [3.8, 4) is 5.75 Å². The molecule has 16 heavy (non-hydrogen) atoms. The van der Waals surface area contributed by atoms with Crippen molar-refractivity contribution in [1.29, 1.82) is 0 Å². The van der Waals surface area contributed by atoms with Gasteiger partial charge in [-0.1, -0.05) is 0 Å². The summed E-state index contributed by atoms with van der Waals surface area (Å²) < 4.78 is 0. The maximum atomic E-state index is 10.8. The number of aromatic hydroxyl groups is 1. The van der Waals surface area contributed by atoms with E-state index < -0.39 is 5.97 Å². The summed E-state index contributed by atoms with van der Waals surface area (Å²) in [5, 5.41) is 24.0. The fourth-order valence-corrected chi connectivity index (χ4v) is 1.43. The number of anilines is 1. The van der Waals surface area contributed by atoms with Gasteiger partial charge in [0.25, 0.3) is 0 Å². The summed E-state index contributed by atoms with van der Waals surface area (Å²) >= 11 is 0. The third-order valence-corrected chi connectivity index (χ3v) is 2.10. The Kier molecular flexibility index (Phi) is 2.63. The van der Waals surface area contributed by atoms with Crippen molar-refractivity contribution >= 4 is 17.6 Å². The van der Waals surface area contributed by atoms with Gasteiger partial charge in [-0.2, -0.15) is 0 Å². The molecule has 4 N–H and O–H groups in total. The number of nitrogens with one attached hydrogen (secondary N) is 2. The molecule has 1 aromatic carbocycles. The van der Waals surface area contributed by atoms with Gasteiger partial charge in [-0.15, -0.1) is 0 Å². The van der Waals surface area contributed by atoms with Crippen LogP contribution in [0.5, 0.6) is 5.75 Å². The summed E-state index contributed by atoms with van der Waals surface area (Å²) in [4.78, 5) is 14.9. The van der Waals surface area contributed by atoms with Crippen molar-refractivity contribution in [3.05, 3.63) is 23.8 Å². The molecule has 1 heterocycles. The largest absolute Gasteiger partial charge is 0.508 e. The molecule has 84 valence electrons. The Labute approximate surface area is 91.6 Å². The summed E-state index contributed by atoms with van der Waals surface area (Å²) in [7, 11) is 0. The molecular formula is C10H11N3O3. The van der Waals surface area contributed by atoms with Gasteiger partial charge in [0.15, 0.2) is 5.96 Å². The molecule has 6 heteroatoms. The van der Waals surface area contributed by atoms with E-state index in [1.165, 1.54) is 18.2 Å². The lowest BCUT2D eigenvalue weighted by Crippen LogP contribution is -2.26. The minimum absolute atomic E-state index is 0.0288. The number of guanidine groups is 1. The lowest BCUT2D eigenvalue weighted by Gasteiger charge is -2.07. The van der Waals surface area contributed by atoms with Crippen LogP contribution in [0.15, 0.2) is 23.2 Å². The molecule has 0 radical (unpaired) electrons. The molecule has 0 saturated carbocycles. The molecule has 0 aliphatic carbocycles. The van der Waals surface area contributed by atoms with E-state index in [2.05, 4.69) is 15.6 Å². The quantitative estimate of drug-likeness (QED) is 0.582. The van der Waals surface area contributed by atoms with Gasteiger partial charge in [0, 0.05) is 18.3 Å². The van der Waals surface area contributed by atoms with E-state index in [1.807, 2.05) is 0 Å². The van der Waals surface area contributed by atoms with Crippen LogP contribution in [0.3, 0.4) is 0 Å². The number of carbonyl (C=O) groups is 1. The number of hydrogen-bond donors (Lipinski definition) is 4. The summed E-state index contributed by atoms with van der Waals surface area (Å²) in [5.74, 6) is -0.594. The summed E-state index contributed by atoms with van der Waals surface area (Å²) in [5.41, 5.74) is 0.520. The zero-order valence-electron chi connectivity index (χ0n) is 8.40. The molecule has 1 aliphatic heterocycles. The third-order valence-electron chi connectivity index (χ3n) is 2.10. The van der Waals surface area contributed by atoms with Crippen molar-refractivity contribution in [1.82, 2.24) is 5.32 Å². The first-order chi connectivity index (χ1) is 7.65. The highest BCUT2D eigenvalue weighted by Crippen LogP contribution is 2.19. The predicted molar refractivity (Wildman–Crippen MR) is 59.0 cm³/mol. The first kappa shape index (κ1) is 10.3. The first-order valence-electron chi connectivity index (χ1n) is 4.78. The minimum atomic E-state index is -1.08. The van der Waals surface area contributed by atoms with E-state index >= 15 is 0 Å². The van der Waals surface area contributed by atoms with Crippen molar-refractivity contribution in [2.45, 2.75) is 0 Å². The molecule has 0 spiro atoms. The number of phenolic OH excluding ortho intramolecular Hbond substituents is 1. The molecule has 1 aliphatic rings. The SMILES string of the molecule is O=C(O)c1cc(O)cc(NC2=NCCN2)c1. The monoisotopic (exact) mass is 221 g/mol. The maximum absolute atomic E-state index is 10.8. The zero-order chi connectivity index (χ0) is 11.5. The molecule has 6 nitrogen and oxygen atoms in total. The normalized spacial score (nSPS) is 14.1. The Morgan fingerprint density at radius 3 is 2.88 bits per heavy atom. The molecular weight excluding hydrogens is 210 g/mol. The van der Waals surface area contributed by atoms with Gasteiger partial charge in [0.1, 0.15) is 5.75 Å². The van der Waals surface area contributed by atoms with Crippen LogP contribution in [-0.4, -0.2) is 35.2 Å². The summed E-state index contributed by atoms with van der Waals surface area (Å²) in [6.07, 6.45) is 0. The second-order valence-electron chi connectivity index (χ2n) is 3.36. The molecule has 0 unspecified atom stereocenters. The Morgan fingerprint density at radius 2 is 2.25 bits per heavy atom. The average Bonchev–Trinajstić information content (AvgIpc) is 2.69.